The van der Waals surface area contributed by atoms with Crippen molar-refractivity contribution in [2.75, 3.05) is 20.0 Å². The van der Waals surface area contributed by atoms with Crippen molar-refractivity contribution in [3.05, 3.63) is 81.9 Å². The van der Waals surface area contributed by atoms with E-state index in [0.717, 1.165) is 11.8 Å². The molecule has 198 valence electrons. The standard InChI is InChI=1S/C26H27Cl2NO6S2/c1-35-16-21(17-8-10-19(11-9-17)36(2,31)32)25(30)29-26(37(33,34)20-12-13-20)14-22(27)24(23(28)15-26)18-6-4-3-5-7-18/h3-11,14,20-21H,12-13,15-16H2,1-2H3,(H,29,30). The number of sulfone groups is 2. The van der Waals surface area contributed by atoms with Crippen molar-refractivity contribution in [3.8, 4) is 0 Å². The topological polar surface area (TPSA) is 107 Å². The van der Waals surface area contributed by atoms with Crippen LogP contribution in [0.2, 0.25) is 0 Å². The van der Waals surface area contributed by atoms with Gasteiger partial charge in [-0.2, -0.15) is 0 Å². The summed E-state index contributed by atoms with van der Waals surface area (Å²) < 4.78 is 56.4. The smallest absolute Gasteiger partial charge is 0.231 e. The fraction of sp³-hybridized carbons (Fsp3) is 0.346. The third-order valence-corrected chi connectivity index (χ3v) is 11.0. The molecule has 0 bridgehead atoms. The molecule has 1 saturated carbocycles. The number of carbonyl (C=O) groups is 1. The monoisotopic (exact) mass is 583 g/mol. The summed E-state index contributed by atoms with van der Waals surface area (Å²) in [5, 5.41) is 2.50. The molecule has 7 nitrogen and oxygen atoms in total. The second-order valence-corrected chi connectivity index (χ2v) is 14.7. The van der Waals surface area contributed by atoms with Gasteiger partial charge >= 0.3 is 0 Å². The van der Waals surface area contributed by atoms with Gasteiger partial charge < -0.3 is 10.1 Å². The van der Waals surface area contributed by atoms with E-state index in [0.29, 0.717) is 24.0 Å². The van der Waals surface area contributed by atoms with Gasteiger partial charge in [-0.05, 0) is 42.2 Å². The van der Waals surface area contributed by atoms with Gasteiger partial charge in [-0.1, -0.05) is 65.7 Å². The first-order chi connectivity index (χ1) is 17.4. The van der Waals surface area contributed by atoms with Crippen molar-refractivity contribution >= 4 is 54.4 Å². The number of carbonyl (C=O) groups excluding carboxylic acids is 1. The number of amides is 1. The van der Waals surface area contributed by atoms with Crippen LogP contribution in [0.4, 0.5) is 0 Å². The summed E-state index contributed by atoms with van der Waals surface area (Å²) in [6, 6.07) is 15.0. The lowest BCUT2D eigenvalue weighted by Gasteiger charge is -2.36. The first-order valence-electron chi connectivity index (χ1n) is 11.6. The molecule has 0 aliphatic heterocycles. The third-order valence-electron chi connectivity index (χ3n) is 6.52. The van der Waals surface area contributed by atoms with Crippen LogP contribution in [0.1, 0.15) is 36.3 Å². The molecule has 0 saturated heterocycles. The van der Waals surface area contributed by atoms with Crippen LogP contribution in [0.5, 0.6) is 0 Å². The highest BCUT2D eigenvalue weighted by Crippen LogP contribution is 2.47. The van der Waals surface area contributed by atoms with E-state index < -0.39 is 41.6 Å². The summed E-state index contributed by atoms with van der Waals surface area (Å²) in [7, 11) is -5.91. The zero-order chi connectivity index (χ0) is 27.0. The molecule has 37 heavy (non-hydrogen) atoms. The minimum Gasteiger partial charge on any atom is -0.384 e. The maximum absolute atomic E-state index is 13.7. The summed E-state index contributed by atoms with van der Waals surface area (Å²) in [6.45, 7) is -0.0557. The Labute approximate surface area is 227 Å². The van der Waals surface area contributed by atoms with E-state index in [1.165, 1.54) is 37.5 Å². The van der Waals surface area contributed by atoms with Gasteiger partial charge in [-0.25, -0.2) is 16.8 Å². The first kappa shape index (κ1) is 27.9. The predicted molar refractivity (Wildman–Crippen MR) is 145 cm³/mol. The van der Waals surface area contributed by atoms with E-state index in [1.807, 2.05) is 30.3 Å². The van der Waals surface area contributed by atoms with Crippen molar-refractivity contribution in [1.82, 2.24) is 5.32 Å². The number of methoxy groups -OCH3 is 1. The second-order valence-electron chi connectivity index (χ2n) is 9.29. The highest BCUT2D eigenvalue weighted by molar-refractivity contribution is 7.93. The number of nitrogens with one attached hydrogen (secondary N) is 1. The summed E-state index contributed by atoms with van der Waals surface area (Å²) in [5.74, 6) is -1.51. The average Bonchev–Trinajstić information content (AvgIpc) is 3.68. The Morgan fingerprint density at radius 2 is 1.68 bits per heavy atom. The van der Waals surface area contributed by atoms with Gasteiger partial charge in [0.15, 0.2) is 24.5 Å². The number of hydrogen-bond donors (Lipinski definition) is 1. The number of allylic oxidation sites excluding steroid dienone is 2. The van der Waals surface area contributed by atoms with E-state index in [1.54, 1.807) is 0 Å². The summed E-state index contributed by atoms with van der Waals surface area (Å²) >= 11 is 13.3. The molecule has 4 rings (SSSR count). The van der Waals surface area contributed by atoms with Crippen molar-refractivity contribution < 1.29 is 26.4 Å². The molecule has 2 atom stereocenters. The van der Waals surface area contributed by atoms with Crippen molar-refractivity contribution in [2.45, 2.75) is 40.2 Å². The molecule has 1 fully saturated rings. The van der Waals surface area contributed by atoms with Gasteiger partial charge in [0.05, 0.1) is 22.7 Å². The fourth-order valence-corrected chi connectivity index (χ4v) is 8.29. The zero-order valence-corrected chi connectivity index (χ0v) is 23.4. The van der Waals surface area contributed by atoms with Gasteiger partial charge in [-0.15, -0.1) is 0 Å². The molecule has 0 heterocycles. The van der Waals surface area contributed by atoms with Gasteiger partial charge in [0.25, 0.3) is 0 Å². The van der Waals surface area contributed by atoms with E-state index in [9.17, 15) is 21.6 Å². The largest absolute Gasteiger partial charge is 0.384 e. The lowest BCUT2D eigenvalue weighted by atomic mass is 9.94. The maximum atomic E-state index is 13.7. The highest BCUT2D eigenvalue weighted by Gasteiger charge is 2.54. The molecule has 2 aromatic carbocycles. The van der Waals surface area contributed by atoms with Gasteiger partial charge in [-0.3, -0.25) is 4.79 Å². The average molecular weight is 585 g/mol. The number of hydrogen-bond acceptors (Lipinski definition) is 6. The van der Waals surface area contributed by atoms with Crippen LogP contribution in [-0.2, 0) is 29.2 Å². The van der Waals surface area contributed by atoms with Crippen molar-refractivity contribution in [1.29, 1.82) is 0 Å². The third kappa shape index (κ3) is 5.66. The van der Waals surface area contributed by atoms with Crippen LogP contribution in [0.25, 0.3) is 5.57 Å². The molecule has 2 aliphatic carbocycles. The lowest BCUT2D eigenvalue weighted by molar-refractivity contribution is -0.124. The Balaban J connectivity index is 1.73. The molecule has 11 heteroatoms. The Morgan fingerprint density at radius 1 is 1.05 bits per heavy atom. The highest BCUT2D eigenvalue weighted by atomic mass is 35.5. The van der Waals surface area contributed by atoms with E-state index in [2.05, 4.69) is 5.32 Å². The molecule has 0 aromatic heterocycles. The molecule has 1 N–H and O–H groups in total. The first-order valence-corrected chi connectivity index (χ1v) is 15.8. The molecular formula is C26H27Cl2NO6S2. The lowest BCUT2D eigenvalue weighted by Crippen LogP contribution is -2.56. The number of ether oxygens (including phenoxy) is 1. The summed E-state index contributed by atoms with van der Waals surface area (Å²) in [5.41, 5.74) is 1.73. The van der Waals surface area contributed by atoms with Crippen molar-refractivity contribution in [2.24, 2.45) is 0 Å². The Bertz CT molecular complexity index is 1460. The molecule has 2 aromatic rings. The molecule has 2 unspecified atom stereocenters. The van der Waals surface area contributed by atoms with Gasteiger partial charge in [0.1, 0.15) is 0 Å². The summed E-state index contributed by atoms with van der Waals surface area (Å²) in [6.07, 6.45) is 3.28. The maximum Gasteiger partial charge on any atom is 0.231 e. The second kappa shape index (κ2) is 10.5. The van der Waals surface area contributed by atoms with E-state index >= 15 is 0 Å². The van der Waals surface area contributed by atoms with Gasteiger partial charge in [0, 0.05) is 35.4 Å². The SMILES string of the molecule is COCC(C(=O)NC1(S(=O)(=O)C2CC2)C=C(Cl)C(c2ccccc2)=C(Cl)C1)c1ccc(S(C)(=O)=O)cc1. The molecule has 0 spiro atoms. The number of halogens is 2. The molecule has 1 amide bonds. The zero-order valence-electron chi connectivity index (χ0n) is 20.3. The predicted octanol–water partition coefficient (Wildman–Crippen LogP) is 4.39. The van der Waals surface area contributed by atoms with Crippen LogP contribution >= 0.6 is 23.2 Å². The number of rotatable bonds is 9. The quantitative estimate of drug-likeness (QED) is 0.469. The normalized spacial score (nSPS) is 21.4. The van der Waals surface area contributed by atoms with Crippen LogP contribution in [0.3, 0.4) is 0 Å². The van der Waals surface area contributed by atoms with Crippen LogP contribution < -0.4 is 5.32 Å². The Kier molecular flexibility index (Phi) is 7.93. The van der Waals surface area contributed by atoms with Crippen molar-refractivity contribution in [3.63, 3.8) is 0 Å². The summed E-state index contributed by atoms with van der Waals surface area (Å²) in [4.78, 5) is 11.9. The minimum absolute atomic E-state index is 0.0557. The molecule has 2 aliphatic rings. The Morgan fingerprint density at radius 3 is 2.19 bits per heavy atom. The Hall–Kier alpha value is -2.17. The number of benzene rings is 2. The van der Waals surface area contributed by atoms with Crippen LogP contribution in [-0.4, -0.2) is 52.8 Å². The van der Waals surface area contributed by atoms with E-state index in [-0.39, 0.29) is 28.0 Å². The van der Waals surface area contributed by atoms with E-state index in [4.69, 9.17) is 27.9 Å². The molecule has 0 radical (unpaired) electrons. The van der Waals surface area contributed by atoms with Crippen LogP contribution in [0, 0.1) is 0 Å². The van der Waals surface area contributed by atoms with Gasteiger partial charge in [0.2, 0.25) is 5.91 Å². The van der Waals surface area contributed by atoms with Crippen LogP contribution in [0.15, 0.2) is 75.6 Å². The minimum atomic E-state index is -3.91. The fourth-order valence-electron chi connectivity index (χ4n) is 4.42. The molecular weight excluding hydrogens is 557 g/mol.